The summed E-state index contributed by atoms with van der Waals surface area (Å²) in [6.45, 7) is 2.07. The molecule has 1 fully saturated rings. The molecule has 3 N–H and O–H groups in total. The summed E-state index contributed by atoms with van der Waals surface area (Å²) in [5, 5.41) is 11.2. The second kappa shape index (κ2) is 3.99. The van der Waals surface area contributed by atoms with Gasteiger partial charge in [-0.1, -0.05) is 25.1 Å². The molecule has 100 valence electrons. The van der Waals surface area contributed by atoms with Crippen molar-refractivity contribution in [2.24, 2.45) is 5.73 Å². The van der Waals surface area contributed by atoms with E-state index in [0.717, 1.165) is 16.7 Å². The van der Waals surface area contributed by atoms with E-state index in [1.165, 1.54) is 0 Å². The summed E-state index contributed by atoms with van der Waals surface area (Å²) in [6, 6.07) is 8.83. The summed E-state index contributed by atoms with van der Waals surface area (Å²) in [6.07, 6.45) is 1.29. The zero-order chi connectivity index (χ0) is 13.6. The third-order valence-electron chi connectivity index (χ3n) is 3.96. The number of hydroxylamine groups is 2. The Bertz CT molecular complexity index is 595. The number of rotatable bonds is 2. The van der Waals surface area contributed by atoms with Crippen molar-refractivity contribution in [3.05, 3.63) is 36.1 Å². The van der Waals surface area contributed by atoms with Crippen molar-refractivity contribution < 1.29 is 14.4 Å². The lowest BCUT2D eigenvalue weighted by Crippen LogP contribution is -2.53. The number of para-hydroxylation sites is 1. The largest absolute Gasteiger partial charge is 0.460 e. The molecule has 0 unspecified atom stereocenters. The molecule has 0 aliphatic heterocycles. The van der Waals surface area contributed by atoms with Crippen molar-refractivity contribution in [3.63, 3.8) is 0 Å². The minimum Gasteiger partial charge on any atom is -0.460 e. The van der Waals surface area contributed by atoms with Crippen LogP contribution in [0.1, 0.15) is 25.5 Å². The molecule has 2 amide bonds. The third-order valence-corrected chi connectivity index (χ3v) is 3.96. The van der Waals surface area contributed by atoms with Crippen molar-refractivity contribution >= 4 is 17.0 Å². The van der Waals surface area contributed by atoms with E-state index in [9.17, 15) is 10.0 Å². The number of amides is 2. The van der Waals surface area contributed by atoms with E-state index in [1.54, 1.807) is 0 Å². The number of carbonyl (C=O) groups is 1. The zero-order valence-corrected chi connectivity index (χ0v) is 10.7. The molecule has 0 radical (unpaired) electrons. The van der Waals surface area contributed by atoms with E-state index in [1.807, 2.05) is 30.3 Å². The van der Waals surface area contributed by atoms with Gasteiger partial charge in [0, 0.05) is 10.8 Å². The number of furan rings is 1. The van der Waals surface area contributed by atoms with Crippen molar-refractivity contribution in [2.75, 3.05) is 0 Å². The van der Waals surface area contributed by atoms with Crippen LogP contribution in [0.3, 0.4) is 0 Å². The van der Waals surface area contributed by atoms with Gasteiger partial charge in [-0.25, -0.2) is 9.86 Å². The Kier molecular flexibility index (Phi) is 2.53. The Morgan fingerprint density at radius 1 is 1.47 bits per heavy atom. The fourth-order valence-electron chi connectivity index (χ4n) is 2.81. The number of nitrogens with two attached hydrogens (primary N) is 1. The molecule has 1 aliphatic carbocycles. The molecule has 1 aliphatic rings. The van der Waals surface area contributed by atoms with Gasteiger partial charge in [0.1, 0.15) is 11.3 Å². The Balaban J connectivity index is 1.82. The molecule has 19 heavy (non-hydrogen) atoms. The van der Waals surface area contributed by atoms with Crippen LogP contribution in [-0.2, 0) is 5.41 Å². The van der Waals surface area contributed by atoms with Gasteiger partial charge in [-0.05, 0) is 25.0 Å². The average Bonchev–Trinajstić information content (AvgIpc) is 2.78. The molecule has 5 nitrogen and oxygen atoms in total. The fraction of sp³-hybridized carbons (Fsp3) is 0.357. The summed E-state index contributed by atoms with van der Waals surface area (Å²) in [7, 11) is 0. The molecule has 1 aromatic carbocycles. The monoisotopic (exact) mass is 260 g/mol. The second-order valence-electron chi connectivity index (χ2n) is 5.45. The van der Waals surface area contributed by atoms with Crippen LogP contribution in [0.2, 0.25) is 0 Å². The fourth-order valence-corrected chi connectivity index (χ4v) is 2.81. The predicted molar refractivity (Wildman–Crippen MR) is 69.8 cm³/mol. The Morgan fingerprint density at radius 2 is 2.16 bits per heavy atom. The van der Waals surface area contributed by atoms with E-state index in [-0.39, 0.29) is 11.5 Å². The molecule has 1 aromatic heterocycles. The first-order valence-corrected chi connectivity index (χ1v) is 6.26. The van der Waals surface area contributed by atoms with E-state index < -0.39 is 6.03 Å². The van der Waals surface area contributed by atoms with Crippen LogP contribution in [0.15, 0.2) is 34.7 Å². The maximum atomic E-state index is 10.9. The van der Waals surface area contributed by atoms with Crippen LogP contribution in [0, 0.1) is 0 Å². The SMILES string of the molecule is C[C@]1(c2cc3ccccc3o2)C[C@H](N(O)C(N)=O)C1. The minimum absolute atomic E-state index is 0.153. The number of hydrogen-bond donors (Lipinski definition) is 2. The highest BCUT2D eigenvalue weighted by atomic mass is 16.5. The van der Waals surface area contributed by atoms with Crippen LogP contribution in [0.4, 0.5) is 4.79 Å². The van der Waals surface area contributed by atoms with Gasteiger partial charge < -0.3 is 10.2 Å². The third kappa shape index (κ3) is 1.86. The standard InChI is InChI=1S/C14H16N2O3/c1-14(7-10(8-14)16(18)13(15)17)12-6-9-4-2-3-5-11(9)19-12/h2-6,10,18H,7-8H2,1H3,(H2,15,17)/t10-,14-. The van der Waals surface area contributed by atoms with Gasteiger partial charge in [0.2, 0.25) is 0 Å². The van der Waals surface area contributed by atoms with Gasteiger partial charge in [-0.15, -0.1) is 0 Å². The van der Waals surface area contributed by atoms with E-state index >= 15 is 0 Å². The van der Waals surface area contributed by atoms with Gasteiger partial charge in [0.05, 0.1) is 6.04 Å². The number of nitrogens with zero attached hydrogens (tertiary/aromatic N) is 1. The highest BCUT2D eigenvalue weighted by Crippen LogP contribution is 2.46. The van der Waals surface area contributed by atoms with Gasteiger partial charge >= 0.3 is 6.03 Å². The van der Waals surface area contributed by atoms with Gasteiger partial charge in [0.15, 0.2) is 0 Å². The van der Waals surface area contributed by atoms with E-state index in [2.05, 4.69) is 6.92 Å². The number of benzene rings is 1. The number of carbonyl (C=O) groups excluding carboxylic acids is 1. The molecule has 0 spiro atoms. The normalized spacial score (nSPS) is 26.1. The highest BCUT2D eigenvalue weighted by molar-refractivity contribution is 5.78. The average molecular weight is 260 g/mol. The maximum Gasteiger partial charge on any atom is 0.338 e. The van der Waals surface area contributed by atoms with Gasteiger partial charge in [-0.3, -0.25) is 5.21 Å². The van der Waals surface area contributed by atoms with Crippen molar-refractivity contribution in [1.82, 2.24) is 5.06 Å². The number of urea groups is 1. The highest BCUT2D eigenvalue weighted by Gasteiger charge is 2.47. The predicted octanol–water partition coefficient (Wildman–Crippen LogP) is 2.62. The first-order chi connectivity index (χ1) is 8.99. The number of primary amides is 1. The summed E-state index contributed by atoms with van der Waals surface area (Å²) < 4.78 is 5.85. The lowest BCUT2D eigenvalue weighted by molar-refractivity contribution is -0.117. The molecule has 0 saturated heterocycles. The van der Waals surface area contributed by atoms with Crippen LogP contribution < -0.4 is 5.73 Å². The zero-order valence-electron chi connectivity index (χ0n) is 10.7. The summed E-state index contributed by atoms with van der Waals surface area (Å²) in [5.41, 5.74) is 5.75. The van der Waals surface area contributed by atoms with Crippen LogP contribution in [0.5, 0.6) is 0 Å². The Labute approximate surface area is 110 Å². The van der Waals surface area contributed by atoms with Crippen LogP contribution in [0.25, 0.3) is 11.0 Å². The van der Waals surface area contributed by atoms with Gasteiger partial charge in [0.25, 0.3) is 0 Å². The van der Waals surface area contributed by atoms with Crippen LogP contribution >= 0.6 is 0 Å². The maximum absolute atomic E-state index is 10.9. The Hall–Kier alpha value is -2.01. The number of hydrogen-bond acceptors (Lipinski definition) is 3. The summed E-state index contributed by atoms with van der Waals surface area (Å²) in [5.74, 6) is 0.892. The molecule has 2 aromatic rings. The topological polar surface area (TPSA) is 79.7 Å². The molecule has 1 heterocycles. The molecule has 0 bridgehead atoms. The lowest BCUT2D eigenvalue weighted by atomic mass is 9.65. The second-order valence-corrected chi connectivity index (χ2v) is 5.45. The van der Waals surface area contributed by atoms with E-state index in [0.29, 0.717) is 17.9 Å². The smallest absolute Gasteiger partial charge is 0.338 e. The number of fused-ring (bicyclic) bond motifs is 1. The summed E-state index contributed by atoms with van der Waals surface area (Å²) >= 11 is 0. The first-order valence-electron chi connectivity index (χ1n) is 6.26. The molecule has 5 heteroatoms. The lowest BCUT2D eigenvalue weighted by Gasteiger charge is -2.45. The van der Waals surface area contributed by atoms with Crippen molar-refractivity contribution in [3.8, 4) is 0 Å². The van der Waals surface area contributed by atoms with Gasteiger partial charge in [-0.2, -0.15) is 0 Å². The van der Waals surface area contributed by atoms with Crippen molar-refractivity contribution in [1.29, 1.82) is 0 Å². The molecule has 0 atom stereocenters. The quantitative estimate of drug-likeness (QED) is 0.643. The van der Waals surface area contributed by atoms with Crippen molar-refractivity contribution in [2.45, 2.75) is 31.2 Å². The summed E-state index contributed by atoms with van der Waals surface area (Å²) in [4.78, 5) is 10.9. The molecular weight excluding hydrogens is 244 g/mol. The molecule has 3 rings (SSSR count). The molecular formula is C14H16N2O3. The molecule has 1 saturated carbocycles. The Morgan fingerprint density at radius 3 is 2.79 bits per heavy atom. The minimum atomic E-state index is -0.809. The first kappa shape index (κ1) is 12.0. The van der Waals surface area contributed by atoms with E-state index in [4.69, 9.17) is 10.2 Å². The van der Waals surface area contributed by atoms with Crippen LogP contribution in [-0.4, -0.2) is 22.3 Å².